The third-order valence-electron chi connectivity index (χ3n) is 4.42. The number of hydrogen-bond donors (Lipinski definition) is 1. The Labute approximate surface area is 119 Å². The fraction of sp³-hybridized carbons (Fsp3) is 0.625. The van der Waals surface area contributed by atoms with Crippen molar-refractivity contribution in [2.24, 2.45) is 17.6 Å². The minimum atomic E-state index is -0.625. The fourth-order valence-corrected chi connectivity index (χ4v) is 2.78. The van der Waals surface area contributed by atoms with Crippen LogP contribution < -0.4 is 5.73 Å². The molecule has 1 aromatic rings. The van der Waals surface area contributed by atoms with Gasteiger partial charge in [0, 0.05) is 5.56 Å². The first-order valence-corrected chi connectivity index (χ1v) is 7.29. The lowest BCUT2D eigenvalue weighted by atomic mass is 9.80. The van der Waals surface area contributed by atoms with Crippen LogP contribution in [0.2, 0.25) is 0 Å². The van der Waals surface area contributed by atoms with E-state index in [4.69, 9.17) is 10.5 Å². The van der Waals surface area contributed by atoms with Gasteiger partial charge in [0.15, 0.2) is 0 Å². The lowest BCUT2D eigenvalue weighted by molar-refractivity contribution is -0.00395. The van der Waals surface area contributed by atoms with Crippen LogP contribution in [-0.4, -0.2) is 12.7 Å². The zero-order valence-electron chi connectivity index (χ0n) is 12.1. The molecular weight excluding hydrogens is 260 g/mol. The molecule has 0 radical (unpaired) electrons. The van der Waals surface area contributed by atoms with Gasteiger partial charge in [0.25, 0.3) is 0 Å². The predicted molar refractivity (Wildman–Crippen MR) is 75.2 cm³/mol. The Morgan fingerprint density at radius 3 is 2.70 bits per heavy atom. The van der Waals surface area contributed by atoms with Gasteiger partial charge < -0.3 is 10.5 Å². The molecule has 0 amide bonds. The predicted octanol–water partition coefficient (Wildman–Crippen LogP) is 3.81. The first-order valence-electron chi connectivity index (χ1n) is 7.29. The van der Waals surface area contributed by atoms with Gasteiger partial charge in [-0.1, -0.05) is 13.8 Å². The first kappa shape index (κ1) is 15.4. The molecule has 1 aliphatic rings. The van der Waals surface area contributed by atoms with Crippen molar-refractivity contribution in [3.8, 4) is 0 Å². The Hall–Kier alpha value is -1.00. The zero-order valence-corrected chi connectivity index (χ0v) is 12.1. The minimum absolute atomic E-state index is 0.183. The van der Waals surface area contributed by atoms with E-state index >= 15 is 0 Å². The Morgan fingerprint density at radius 1 is 1.25 bits per heavy atom. The monoisotopic (exact) mass is 283 g/mol. The van der Waals surface area contributed by atoms with Crippen LogP contribution in [0.1, 0.15) is 44.7 Å². The second-order valence-corrected chi connectivity index (χ2v) is 6.00. The molecule has 0 spiro atoms. The lowest BCUT2D eigenvalue weighted by Gasteiger charge is -2.32. The molecular formula is C16H23F2NO. The van der Waals surface area contributed by atoms with E-state index in [9.17, 15) is 8.78 Å². The molecule has 1 fully saturated rings. The SMILES string of the molecule is CC1CCC(OCC(N)c2cc(F)ccc2F)CC1C. The number of ether oxygens (including phenoxy) is 1. The van der Waals surface area contributed by atoms with Gasteiger partial charge in [0.2, 0.25) is 0 Å². The van der Waals surface area contributed by atoms with Crippen molar-refractivity contribution >= 4 is 0 Å². The van der Waals surface area contributed by atoms with Crippen molar-refractivity contribution in [2.45, 2.75) is 45.3 Å². The van der Waals surface area contributed by atoms with Gasteiger partial charge in [0.1, 0.15) is 11.6 Å². The molecule has 4 heteroatoms. The Morgan fingerprint density at radius 2 is 2.00 bits per heavy atom. The molecule has 4 atom stereocenters. The highest BCUT2D eigenvalue weighted by molar-refractivity contribution is 5.22. The van der Waals surface area contributed by atoms with Crippen LogP contribution in [0.15, 0.2) is 18.2 Å². The second kappa shape index (κ2) is 6.64. The number of halogens is 2. The van der Waals surface area contributed by atoms with Crippen molar-refractivity contribution in [2.75, 3.05) is 6.61 Å². The third kappa shape index (κ3) is 3.76. The summed E-state index contributed by atoms with van der Waals surface area (Å²) in [5.74, 6) is 0.408. The van der Waals surface area contributed by atoms with Crippen LogP contribution in [-0.2, 0) is 4.74 Å². The van der Waals surface area contributed by atoms with Crippen LogP contribution in [0.5, 0.6) is 0 Å². The molecule has 4 unspecified atom stereocenters. The Kier molecular flexibility index (Phi) is 5.11. The van der Waals surface area contributed by atoms with Crippen LogP contribution in [0.4, 0.5) is 8.78 Å². The Balaban J connectivity index is 1.89. The van der Waals surface area contributed by atoms with E-state index in [1.807, 2.05) is 0 Å². The number of rotatable bonds is 4. The summed E-state index contributed by atoms with van der Waals surface area (Å²) < 4.78 is 32.5. The molecule has 20 heavy (non-hydrogen) atoms. The number of nitrogens with two attached hydrogens (primary N) is 1. The molecule has 1 aliphatic carbocycles. The van der Waals surface area contributed by atoms with Crippen LogP contribution >= 0.6 is 0 Å². The van der Waals surface area contributed by atoms with Crippen LogP contribution in [0, 0.1) is 23.5 Å². The maximum absolute atomic E-state index is 13.6. The molecule has 0 saturated heterocycles. The standard InChI is InChI=1S/C16H23F2NO/c1-10-3-5-13(7-11(10)2)20-9-16(19)14-8-12(17)4-6-15(14)18/h4,6,8,10-11,13,16H,3,5,7,9,19H2,1-2H3. The molecule has 2 rings (SSSR count). The lowest BCUT2D eigenvalue weighted by Crippen LogP contribution is -2.29. The highest BCUT2D eigenvalue weighted by Crippen LogP contribution is 2.31. The van der Waals surface area contributed by atoms with Gasteiger partial charge in [-0.2, -0.15) is 0 Å². The highest BCUT2D eigenvalue weighted by Gasteiger charge is 2.25. The van der Waals surface area contributed by atoms with Gasteiger partial charge in [-0.25, -0.2) is 8.78 Å². The molecule has 2 nitrogen and oxygen atoms in total. The summed E-state index contributed by atoms with van der Waals surface area (Å²) in [5, 5.41) is 0. The zero-order chi connectivity index (χ0) is 14.7. The molecule has 112 valence electrons. The summed E-state index contributed by atoms with van der Waals surface area (Å²) in [6.45, 7) is 4.72. The van der Waals surface area contributed by atoms with Crippen LogP contribution in [0.3, 0.4) is 0 Å². The van der Waals surface area contributed by atoms with Crippen molar-refractivity contribution < 1.29 is 13.5 Å². The third-order valence-corrected chi connectivity index (χ3v) is 4.42. The van der Waals surface area contributed by atoms with Gasteiger partial charge in [-0.3, -0.25) is 0 Å². The van der Waals surface area contributed by atoms with Gasteiger partial charge >= 0.3 is 0 Å². The maximum Gasteiger partial charge on any atom is 0.128 e. The maximum atomic E-state index is 13.6. The summed E-state index contributed by atoms with van der Waals surface area (Å²) in [7, 11) is 0. The largest absolute Gasteiger partial charge is 0.376 e. The first-order chi connectivity index (χ1) is 9.47. The topological polar surface area (TPSA) is 35.2 Å². The summed E-state index contributed by atoms with van der Waals surface area (Å²) in [5.41, 5.74) is 6.09. The van der Waals surface area contributed by atoms with Crippen molar-refractivity contribution in [3.63, 3.8) is 0 Å². The van der Waals surface area contributed by atoms with E-state index in [0.29, 0.717) is 5.92 Å². The average Bonchev–Trinajstić information content (AvgIpc) is 2.42. The molecule has 0 heterocycles. The van der Waals surface area contributed by atoms with E-state index in [2.05, 4.69) is 13.8 Å². The van der Waals surface area contributed by atoms with E-state index in [0.717, 1.165) is 43.4 Å². The summed E-state index contributed by atoms with van der Waals surface area (Å²) >= 11 is 0. The minimum Gasteiger partial charge on any atom is -0.376 e. The normalized spacial score (nSPS) is 28.4. The van der Waals surface area contributed by atoms with E-state index in [-0.39, 0.29) is 18.3 Å². The summed E-state index contributed by atoms with van der Waals surface area (Å²) in [4.78, 5) is 0. The molecule has 1 aromatic carbocycles. The smallest absolute Gasteiger partial charge is 0.128 e. The van der Waals surface area contributed by atoms with Gasteiger partial charge in [-0.05, 0) is 49.3 Å². The van der Waals surface area contributed by atoms with Crippen molar-refractivity contribution in [1.82, 2.24) is 0 Å². The quantitative estimate of drug-likeness (QED) is 0.912. The number of benzene rings is 1. The van der Waals surface area contributed by atoms with E-state index in [1.54, 1.807) is 0 Å². The van der Waals surface area contributed by atoms with Crippen LogP contribution in [0.25, 0.3) is 0 Å². The summed E-state index contributed by atoms with van der Waals surface area (Å²) in [6.07, 6.45) is 3.36. The highest BCUT2D eigenvalue weighted by atomic mass is 19.1. The van der Waals surface area contributed by atoms with Crippen molar-refractivity contribution in [3.05, 3.63) is 35.4 Å². The molecule has 1 saturated carbocycles. The van der Waals surface area contributed by atoms with Gasteiger partial charge in [0.05, 0.1) is 18.8 Å². The van der Waals surface area contributed by atoms with Crippen molar-refractivity contribution in [1.29, 1.82) is 0 Å². The summed E-state index contributed by atoms with van der Waals surface area (Å²) in [6, 6.07) is 2.72. The number of hydrogen-bond acceptors (Lipinski definition) is 2. The average molecular weight is 283 g/mol. The fourth-order valence-electron chi connectivity index (χ4n) is 2.78. The second-order valence-electron chi connectivity index (χ2n) is 6.00. The Bertz CT molecular complexity index is 452. The molecule has 0 aliphatic heterocycles. The molecule has 0 aromatic heterocycles. The molecule has 0 bridgehead atoms. The van der Waals surface area contributed by atoms with E-state index in [1.165, 1.54) is 0 Å². The molecule has 2 N–H and O–H groups in total. The van der Waals surface area contributed by atoms with Gasteiger partial charge in [-0.15, -0.1) is 0 Å². The van der Waals surface area contributed by atoms with E-state index < -0.39 is 17.7 Å².